The highest BCUT2D eigenvalue weighted by Crippen LogP contribution is 2.26. The number of nitrogens with zero attached hydrogens (tertiary/aromatic N) is 3. The minimum atomic E-state index is -0.288. The summed E-state index contributed by atoms with van der Waals surface area (Å²) in [6.07, 6.45) is 1.03. The molecule has 2 aromatic rings. The van der Waals surface area contributed by atoms with E-state index in [1.807, 2.05) is 36.4 Å². The molecule has 0 aliphatic carbocycles. The van der Waals surface area contributed by atoms with E-state index >= 15 is 0 Å². The minimum absolute atomic E-state index is 0. The molecule has 1 aromatic carbocycles. The standard InChI is InChI=1S/C20H28N4O.2ClH/c1-5-17-6-8-18(9-7-17)19-13-21-10-11-23(19)20(25)16(4)24-15(3)12-14(2)22-24;;/h6-9,12,16,19,21H,5,10-11,13H2,1-4H3;2*1H. The second-order valence-electron chi connectivity index (χ2n) is 6.89. The van der Waals surface area contributed by atoms with Crippen molar-refractivity contribution in [3.63, 3.8) is 0 Å². The Morgan fingerprint density at radius 2 is 1.93 bits per heavy atom. The number of halogens is 2. The van der Waals surface area contributed by atoms with Crippen LogP contribution in [0, 0.1) is 13.8 Å². The molecule has 1 fully saturated rings. The van der Waals surface area contributed by atoms with Gasteiger partial charge in [0.2, 0.25) is 5.91 Å². The number of aromatic nitrogens is 2. The van der Waals surface area contributed by atoms with Gasteiger partial charge in [-0.2, -0.15) is 5.10 Å². The molecule has 0 saturated carbocycles. The second-order valence-corrected chi connectivity index (χ2v) is 6.89. The summed E-state index contributed by atoms with van der Waals surface area (Å²) in [6.45, 7) is 10.4. The molecule has 5 nitrogen and oxygen atoms in total. The van der Waals surface area contributed by atoms with E-state index in [4.69, 9.17) is 0 Å². The van der Waals surface area contributed by atoms with Crippen LogP contribution in [0.15, 0.2) is 30.3 Å². The number of piperazine rings is 1. The first kappa shape index (κ1) is 23.5. The molecule has 1 aliphatic rings. The molecule has 2 heterocycles. The molecule has 150 valence electrons. The van der Waals surface area contributed by atoms with Crippen LogP contribution in [0.3, 0.4) is 0 Å². The number of amides is 1. The summed E-state index contributed by atoms with van der Waals surface area (Å²) in [5, 5.41) is 7.92. The fourth-order valence-electron chi connectivity index (χ4n) is 3.62. The number of nitrogens with one attached hydrogen (secondary N) is 1. The maximum absolute atomic E-state index is 13.2. The highest BCUT2D eigenvalue weighted by Gasteiger charge is 2.32. The lowest BCUT2D eigenvalue weighted by Gasteiger charge is -2.38. The molecule has 7 heteroatoms. The van der Waals surface area contributed by atoms with E-state index in [0.717, 1.165) is 37.4 Å². The number of benzene rings is 1. The normalized spacial score (nSPS) is 17.6. The summed E-state index contributed by atoms with van der Waals surface area (Å²) in [5.74, 6) is 0.136. The molecule has 1 aromatic heterocycles. The Morgan fingerprint density at radius 1 is 1.26 bits per heavy atom. The molecule has 0 bridgehead atoms. The highest BCUT2D eigenvalue weighted by molar-refractivity contribution is 5.85. The summed E-state index contributed by atoms with van der Waals surface area (Å²) in [7, 11) is 0. The highest BCUT2D eigenvalue weighted by atomic mass is 35.5. The number of rotatable bonds is 4. The fourth-order valence-corrected chi connectivity index (χ4v) is 3.62. The summed E-state index contributed by atoms with van der Waals surface area (Å²) in [5.41, 5.74) is 4.49. The Labute approximate surface area is 174 Å². The predicted octanol–water partition coefficient (Wildman–Crippen LogP) is 3.64. The monoisotopic (exact) mass is 412 g/mol. The Bertz CT molecular complexity index is 745. The van der Waals surface area contributed by atoms with Crippen molar-refractivity contribution in [3.05, 3.63) is 52.8 Å². The van der Waals surface area contributed by atoms with E-state index in [0.29, 0.717) is 0 Å². The maximum atomic E-state index is 13.2. The van der Waals surface area contributed by atoms with Crippen LogP contribution in [-0.4, -0.2) is 40.2 Å². The van der Waals surface area contributed by atoms with E-state index in [1.165, 1.54) is 11.1 Å². The van der Waals surface area contributed by atoms with Crippen LogP contribution in [0.5, 0.6) is 0 Å². The second kappa shape index (κ2) is 10.1. The zero-order valence-electron chi connectivity index (χ0n) is 16.4. The van der Waals surface area contributed by atoms with Crippen molar-refractivity contribution in [2.24, 2.45) is 0 Å². The van der Waals surface area contributed by atoms with Gasteiger partial charge >= 0.3 is 0 Å². The van der Waals surface area contributed by atoms with Gasteiger partial charge in [-0.15, -0.1) is 24.8 Å². The van der Waals surface area contributed by atoms with Gasteiger partial charge in [0.15, 0.2) is 0 Å². The summed E-state index contributed by atoms with van der Waals surface area (Å²) in [4.78, 5) is 15.2. The van der Waals surface area contributed by atoms with Crippen molar-refractivity contribution < 1.29 is 4.79 Å². The van der Waals surface area contributed by atoms with Gasteiger partial charge in [-0.1, -0.05) is 31.2 Å². The third kappa shape index (κ3) is 5.03. The van der Waals surface area contributed by atoms with Gasteiger partial charge in [0.1, 0.15) is 6.04 Å². The fraction of sp³-hybridized carbons (Fsp3) is 0.500. The third-order valence-electron chi connectivity index (χ3n) is 5.07. The van der Waals surface area contributed by atoms with Gasteiger partial charge in [0, 0.05) is 25.3 Å². The molecule has 1 N–H and O–H groups in total. The molecule has 3 rings (SSSR count). The van der Waals surface area contributed by atoms with Gasteiger partial charge in [-0.05, 0) is 44.4 Å². The van der Waals surface area contributed by atoms with Crippen LogP contribution >= 0.6 is 24.8 Å². The zero-order chi connectivity index (χ0) is 18.0. The van der Waals surface area contributed by atoms with E-state index in [2.05, 4.69) is 41.6 Å². The number of hydrogen-bond acceptors (Lipinski definition) is 3. The molecule has 27 heavy (non-hydrogen) atoms. The Morgan fingerprint density at radius 3 is 2.48 bits per heavy atom. The molecular formula is C20H30Cl2N4O. The van der Waals surface area contributed by atoms with Gasteiger partial charge in [0.05, 0.1) is 11.7 Å². The van der Waals surface area contributed by atoms with E-state index in [9.17, 15) is 4.79 Å². The summed E-state index contributed by atoms with van der Waals surface area (Å²) >= 11 is 0. The molecule has 2 atom stereocenters. The van der Waals surface area contributed by atoms with E-state index in [1.54, 1.807) is 0 Å². The summed E-state index contributed by atoms with van der Waals surface area (Å²) in [6, 6.07) is 10.4. The number of carbonyl (C=O) groups is 1. The first-order valence-corrected chi connectivity index (χ1v) is 9.14. The van der Waals surface area contributed by atoms with Crippen LogP contribution < -0.4 is 5.32 Å². The van der Waals surface area contributed by atoms with Crippen LogP contribution in [0.4, 0.5) is 0 Å². The SMILES string of the molecule is CCc1ccc(C2CNCCN2C(=O)C(C)n2nc(C)cc2C)cc1.Cl.Cl. The molecule has 2 unspecified atom stereocenters. The van der Waals surface area contributed by atoms with Crippen molar-refractivity contribution >= 4 is 30.7 Å². The Kier molecular flexibility index (Phi) is 8.79. The predicted molar refractivity (Wildman–Crippen MR) is 114 cm³/mol. The molecule has 1 aliphatic heterocycles. The number of aryl methyl sites for hydroxylation is 3. The van der Waals surface area contributed by atoms with Crippen molar-refractivity contribution in [2.45, 2.75) is 46.2 Å². The molecule has 1 saturated heterocycles. The van der Waals surface area contributed by atoms with Gasteiger partial charge in [-0.3, -0.25) is 9.48 Å². The Hall–Kier alpha value is -1.56. The minimum Gasteiger partial charge on any atom is -0.331 e. The van der Waals surface area contributed by atoms with Gasteiger partial charge < -0.3 is 10.2 Å². The lowest BCUT2D eigenvalue weighted by Crippen LogP contribution is -2.50. The lowest BCUT2D eigenvalue weighted by atomic mass is 10.00. The van der Waals surface area contributed by atoms with Crippen LogP contribution in [-0.2, 0) is 11.2 Å². The van der Waals surface area contributed by atoms with Crippen molar-refractivity contribution in [1.29, 1.82) is 0 Å². The number of hydrogen-bond donors (Lipinski definition) is 1. The molecule has 0 spiro atoms. The zero-order valence-corrected chi connectivity index (χ0v) is 18.1. The van der Waals surface area contributed by atoms with E-state index < -0.39 is 0 Å². The smallest absolute Gasteiger partial charge is 0.247 e. The first-order chi connectivity index (χ1) is 12.0. The largest absolute Gasteiger partial charge is 0.331 e. The molecular weight excluding hydrogens is 383 g/mol. The van der Waals surface area contributed by atoms with Gasteiger partial charge in [0.25, 0.3) is 0 Å². The Balaban J connectivity index is 0.00000182. The average molecular weight is 413 g/mol. The van der Waals surface area contributed by atoms with Crippen LogP contribution in [0.1, 0.15) is 48.4 Å². The van der Waals surface area contributed by atoms with E-state index in [-0.39, 0.29) is 42.8 Å². The topological polar surface area (TPSA) is 50.2 Å². The van der Waals surface area contributed by atoms with Crippen molar-refractivity contribution in [1.82, 2.24) is 20.0 Å². The lowest BCUT2D eigenvalue weighted by molar-refractivity contribution is -0.138. The maximum Gasteiger partial charge on any atom is 0.247 e. The number of carbonyl (C=O) groups excluding carboxylic acids is 1. The molecule has 0 radical (unpaired) electrons. The first-order valence-electron chi connectivity index (χ1n) is 9.14. The summed E-state index contributed by atoms with van der Waals surface area (Å²) < 4.78 is 1.84. The quantitative estimate of drug-likeness (QED) is 0.833. The molecule has 1 amide bonds. The average Bonchev–Trinajstić information content (AvgIpc) is 2.98. The van der Waals surface area contributed by atoms with Crippen molar-refractivity contribution in [3.8, 4) is 0 Å². The third-order valence-corrected chi connectivity index (χ3v) is 5.07. The van der Waals surface area contributed by atoms with Crippen LogP contribution in [0.2, 0.25) is 0 Å². The van der Waals surface area contributed by atoms with Crippen molar-refractivity contribution in [2.75, 3.05) is 19.6 Å². The van der Waals surface area contributed by atoms with Crippen LogP contribution in [0.25, 0.3) is 0 Å². The van der Waals surface area contributed by atoms with Gasteiger partial charge in [-0.25, -0.2) is 0 Å².